The Bertz CT molecular complexity index is 2060. The zero-order chi connectivity index (χ0) is 70.3. The summed E-state index contributed by atoms with van der Waals surface area (Å²) in [6.45, 7) is 5.93. The maximum Gasteiger partial charge on any atom is 0.222 e. The molecule has 2 saturated heterocycles. The first-order chi connectivity index (χ1) is 45.3. The molecule has 0 aromatic heterocycles. The predicted molar refractivity (Wildman–Crippen MR) is 334 cm³/mol. The van der Waals surface area contributed by atoms with Crippen LogP contribution in [-0.2, 0) is 81.0 Å². The van der Waals surface area contributed by atoms with E-state index in [4.69, 9.17) is 42.6 Å². The van der Waals surface area contributed by atoms with Gasteiger partial charge in [-0.05, 0) is 58.8 Å². The topological polar surface area (TPSA) is 498 Å². The van der Waals surface area contributed by atoms with Gasteiger partial charge in [-0.15, -0.1) is 0 Å². The van der Waals surface area contributed by atoms with Crippen LogP contribution in [0.15, 0.2) is 0 Å². The van der Waals surface area contributed by atoms with E-state index in [0.29, 0.717) is 19.6 Å². The van der Waals surface area contributed by atoms with Crippen LogP contribution >= 0.6 is 0 Å². The molecule has 34 nitrogen and oxygen atoms in total. The van der Waals surface area contributed by atoms with E-state index in [1.54, 1.807) is 0 Å². The van der Waals surface area contributed by atoms with Gasteiger partial charge in [-0.1, -0.05) is 12.8 Å². The molecule has 8 amide bonds. The Labute approximate surface area is 554 Å². The minimum atomic E-state index is -1.52. The Morgan fingerprint density at radius 3 is 1.24 bits per heavy atom. The Kier molecular flexibility index (Phi) is 41.8. The second kappa shape index (κ2) is 47.1. The summed E-state index contributed by atoms with van der Waals surface area (Å²) in [4.78, 5) is 101. The van der Waals surface area contributed by atoms with Crippen LogP contribution in [0.4, 0.5) is 0 Å². The van der Waals surface area contributed by atoms with Crippen LogP contribution < -0.4 is 42.5 Å². The molecular weight excluding hydrogens is 1260 g/mol. The molecule has 17 N–H and O–H groups in total. The number of amides is 8. The summed E-state index contributed by atoms with van der Waals surface area (Å²) in [5, 5.41) is 113. The van der Waals surface area contributed by atoms with E-state index in [0.717, 1.165) is 25.7 Å². The van der Waals surface area contributed by atoms with Crippen LogP contribution in [-0.4, -0.2) is 303 Å². The molecule has 0 aromatic rings. The number of ether oxygens (including phenoxy) is 9. The lowest BCUT2D eigenvalue weighted by atomic mass is 9.79. The third-order valence-electron chi connectivity index (χ3n) is 15.7. The fraction of sp³-hybridized carbons (Fsp3) is 0.869. The van der Waals surface area contributed by atoms with Crippen molar-refractivity contribution in [2.75, 3.05) is 112 Å². The first-order valence-electron chi connectivity index (χ1n) is 33.0. The van der Waals surface area contributed by atoms with Gasteiger partial charge in [0.05, 0.1) is 90.4 Å². The van der Waals surface area contributed by atoms with E-state index in [-0.39, 0.29) is 149 Å². The highest BCUT2D eigenvalue weighted by Crippen LogP contribution is 2.29. The minimum absolute atomic E-state index is 0.0332. The average Bonchev–Trinajstić information content (AvgIpc) is 0.842. The summed E-state index contributed by atoms with van der Waals surface area (Å²) in [6, 6.07) is -3.24. The number of nitrogens with one attached hydrogen (secondary N) is 8. The number of rotatable bonds is 49. The number of hydrogen-bond acceptors (Lipinski definition) is 26. The van der Waals surface area contributed by atoms with Crippen molar-refractivity contribution in [3.05, 3.63) is 0 Å². The number of aliphatic hydroxyl groups excluding tert-OH is 9. The van der Waals surface area contributed by atoms with Gasteiger partial charge in [-0.2, -0.15) is 0 Å². The molecule has 15 atom stereocenters. The van der Waals surface area contributed by atoms with Crippen molar-refractivity contribution < 1.29 is 127 Å². The molecule has 0 radical (unpaired) electrons. The fourth-order valence-corrected chi connectivity index (χ4v) is 10.6. The number of carbonyl (C=O) groups excluding carboxylic acids is 8. The molecule has 2 aliphatic heterocycles. The molecule has 6 unspecified atom stereocenters. The smallest absolute Gasteiger partial charge is 0.222 e. The zero-order valence-corrected chi connectivity index (χ0v) is 55.6. The molecule has 3 rings (SSSR count). The summed E-state index contributed by atoms with van der Waals surface area (Å²) in [6.07, 6.45) is -10.1. The standard InChI is InChI=1S/C61H110N8O26/c1-37(2)90-23-9-7-6-8-19-62-45(76)14-10-15-49(80)69-61(34-87-27-16-46(77)63-20-11-24-91-42-30-41(31-70)53(81)56(84)50(42)66-38(3)73,35-88-28-17-47(78)64-21-12-25-92-59-51(67-39(4)74)57(85)54(82)43(32-71)94-59)36-89-29-18-48(79)65-22-13-26-93-60-52(68-40(5)75)58(86)55(83)44(33-72)95-60/h37,41-44,50-60,70-72,81-86H,6-36H2,1-5H3,(H,62,76)(H,63,77)(H,64,78)(H,65,79)(H,66,73)(H,67,74)(H,68,75)(H,69,80)/t41?,42-,43?,44?,50?,51?,52?,53+,54+,55+,56-,57-,58-,59-,60-,61?/m1/s1. The van der Waals surface area contributed by atoms with Crippen LogP contribution in [0.1, 0.15) is 125 Å². The summed E-state index contributed by atoms with van der Waals surface area (Å²) in [5.74, 6) is -4.25. The Morgan fingerprint density at radius 1 is 0.432 bits per heavy atom. The SMILES string of the molecule is CC(=O)NC1[C@H](OCCCNC(=O)CCOCC(COCCC(=O)NCCCO[C@@H]2OC(CO)[C@H](O)[C@H](O)C2NC(C)=O)(COCCC(=O)NCCCO[C@@H]2CC(CO)[C@H](O)[C@H](O)C2NC(C)=O)NC(=O)CCCC(=O)NCCCCCCOC(C)C)OC(CO)[C@H](O)[C@@H]1O. The van der Waals surface area contributed by atoms with Crippen LogP contribution in [0.25, 0.3) is 0 Å². The molecule has 3 aliphatic rings. The van der Waals surface area contributed by atoms with Crippen molar-refractivity contribution in [1.29, 1.82) is 0 Å². The molecule has 550 valence electrons. The first-order valence-corrected chi connectivity index (χ1v) is 33.0. The molecule has 2 heterocycles. The number of hydrogen-bond donors (Lipinski definition) is 17. The van der Waals surface area contributed by atoms with E-state index in [2.05, 4.69) is 42.5 Å². The van der Waals surface area contributed by atoms with E-state index in [9.17, 15) is 84.3 Å². The molecule has 0 aromatic carbocycles. The van der Waals surface area contributed by atoms with Crippen LogP contribution in [0.3, 0.4) is 0 Å². The normalized spacial score (nSPS) is 26.6. The number of aliphatic hydroxyl groups is 9. The lowest BCUT2D eigenvalue weighted by molar-refractivity contribution is -0.270. The van der Waals surface area contributed by atoms with Gasteiger partial charge in [-0.25, -0.2) is 0 Å². The van der Waals surface area contributed by atoms with Crippen molar-refractivity contribution in [2.45, 2.75) is 222 Å². The Morgan fingerprint density at radius 2 is 0.821 bits per heavy atom. The third kappa shape index (κ3) is 33.0. The van der Waals surface area contributed by atoms with Gasteiger partial charge in [0.1, 0.15) is 60.4 Å². The highest BCUT2D eigenvalue weighted by atomic mass is 16.7. The molecule has 1 aliphatic carbocycles. The maximum atomic E-state index is 13.9. The predicted octanol–water partition coefficient (Wildman–Crippen LogP) is -5.60. The van der Waals surface area contributed by atoms with Crippen molar-refractivity contribution in [3.63, 3.8) is 0 Å². The van der Waals surface area contributed by atoms with E-state index in [1.807, 2.05) is 13.8 Å². The van der Waals surface area contributed by atoms with Gasteiger partial charge < -0.3 is 131 Å². The zero-order valence-electron chi connectivity index (χ0n) is 55.6. The molecule has 34 heteroatoms. The van der Waals surface area contributed by atoms with Gasteiger partial charge in [0.25, 0.3) is 0 Å². The van der Waals surface area contributed by atoms with E-state index in [1.165, 1.54) is 20.8 Å². The van der Waals surface area contributed by atoms with Gasteiger partial charge in [0.15, 0.2) is 12.6 Å². The van der Waals surface area contributed by atoms with Crippen molar-refractivity contribution in [3.8, 4) is 0 Å². The summed E-state index contributed by atoms with van der Waals surface area (Å²) >= 11 is 0. The summed E-state index contributed by atoms with van der Waals surface area (Å²) in [5.41, 5.74) is -1.52. The molecule has 3 fully saturated rings. The molecule has 1 saturated carbocycles. The average molecular weight is 1370 g/mol. The second-order valence-corrected chi connectivity index (χ2v) is 24.3. The molecule has 95 heavy (non-hydrogen) atoms. The van der Waals surface area contributed by atoms with Crippen LogP contribution in [0.2, 0.25) is 0 Å². The summed E-state index contributed by atoms with van der Waals surface area (Å²) < 4.78 is 52.2. The lowest BCUT2D eigenvalue weighted by Crippen LogP contribution is -2.64. The van der Waals surface area contributed by atoms with Gasteiger partial charge in [0, 0.05) is 105 Å². The maximum absolute atomic E-state index is 13.9. The van der Waals surface area contributed by atoms with Crippen molar-refractivity contribution in [1.82, 2.24) is 42.5 Å². The Hall–Kier alpha value is -4.96. The fourth-order valence-electron chi connectivity index (χ4n) is 10.6. The molecular formula is C61H110N8O26. The van der Waals surface area contributed by atoms with Gasteiger partial charge in [0.2, 0.25) is 47.3 Å². The first kappa shape index (κ1) is 84.3. The number of carbonyl (C=O) groups is 8. The van der Waals surface area contributed by atoms with Gasteiger partial charge >= 0.3 is 0 Å². The quantitative estimate of drug-likeness (QED) is 0.0253. The Balaban J connectivity index is 1.68. The van der Waals surface area contributed by atoms with Crippen molar-refractivity contribution in [2.24, 2.45) is 5.92 Å². The lowest BCUT2D eigenvalue weighted by Gasteiger charge is -2.42. The molecule has 0 spiro atoms. The highest BCUT2D eigenvalue weighted by Gasteiger charge is 2.47. The van der Waals surface area contributed by atoms with E-state index >= 15 is 0 Å². The van der Waals surface area contributed by atoms with E-state index < -0.39 is 158 Å². The van der Waals surface area contributed by atoms with Crippen LogP contribution in [0.5, 0.6) is 0 Å². The van der Waals surface area contributed by atoms with Crippen molar-refractivity contribution >= 4 is 47.3 Å². The highest BCUT2D eigenvalue weighted by molar-refractivity contribution is 5.80. The molecule has 0 bridgehead atoms. The minimum Gasteiger partial charge on any atom is -0.396 e. The second-order valence-electron chi connectivity index (χ2n) is 24.3. The largest absolute Gasteiger partial charge is 0.396 e. The van der Waals surface area contributed by atoms with Gasteiger partial charge in [-0.3, -0.25) is 38.4 Å². The third-order valence-corrected chi connectivity index (χ3v) is 15.7. The number of unbranched alkanes of at least 4 members (excludes halogenated alkanes) is 3. The summed E-state index contributed by atoms with van der Waals surface area (Å²) in [7, 11) is 0. The monoisotopic (exact) mass is 1370 g/mol. The van der Waals surface area contributed by atoms with Crippen LogP contribution in [0, 0.1) is 5.92 Å².